The number of esters is 1. The Bertz CT molecular complexity index is 1060. The van der Waals surface area contributed by atoms with Crippen LogP contribution in [0.15, 0.2) is 61.2 Å². The van der Waals surface area contributed by atoms with Crippen molar-refractivity contribution in [1.29, 1.82) is 0 Å². The van der Waals surface area contributed by atoms with Gasteiger partial charge in [-0.05, 0) is 60.0 Å². The van der Waals surface area contributed by atoms with Crippen molar-refractivity contribution in [3.8, 4) is 16.2 Å². The maximum absolute atomic E-state index is 11.6. The molecule has 2 unspecified atom stereocenters. The lowest BCUT2D eigenvalue weighted by atomic mass is 9.87. The fourth-order valence-corrected chi connectivity index (χ4v) is 5.26. The lowest BCUT2D eigenvalue weighted by Gasteiger charge is -2.32. The van der Waals surface area contributed by atoms with Gasteiger partial charge < -0.3 is 9.47 Å². The van der Waals surface area contributed by atoms with Crippen LogP contribution in [0.25, 0.3) is 20.5 Å². The van der Waals surface area contributed by atoms with E-state index in [1.54, 1.807) is 11.3 Å². The van der Waals surface area contributed by atoms with Gasteiger partial charge in [-0.15, -0.1) is 11.3 Å². The lowest BCUT2D eigenvalue weighted by Crippen LogP contribution is -2.38. The molecule has 0 bridgehead atoms. The predicted molar refractivity (Wildman–Crippen MR) is 124 cm³/mol. The van der Waals surface area contributed by atoms with E-state index < -0.39 is 0 Å². The molecule has 0 amide bonds. The van der Waals surface area contributed by atoms with Gasteiger partial charge in [0.25, 0.3) is 0 Å². The number of carbonyl (C=O) groups is 1. The Hall–Kier alpha value is -2.59. The fraction of sp³-hybridized carbons (Fsp3) is 0.346. The first-order valence-corrected chi connectivity index (χ1v) is 11.3. The Balaban J connectivity index is 1.52. The number of thiophene rings is 1. The van der Waals surface area contributed by atoms with Gasteiger partial charge in [-0.2, -0.15) is 0 Å². The highest BCUT2D eigenvalue weighted by molar-refractivity contribution is 7.22. The molecule has 0 spiro atoms. The number of rotatable bonds is 6. The van der Waals surface area contributed by atoms with Gasteiger partial charge in [0.2, 0.25) is 0 Å². The van der Waals surface area contributed by atoms with E-state index in [-0.39, 0.29) is 23.6 Å². The molecule has 0 saturated heterocycles. The minimum absolute atomic E-state index is 0.00131. The molecule has 1 aliphatic carbocycles. The number of hydrogen-bond donors (Lipinski definition) is 0. The molecule has 4 rings (SSSR count). The minimum Gasteiger partial charge on any atom is -0.490 e. The molecule has 3 aromatic rings. The van der Waals surface area contributed by atoms with E-state index in [1.165, 1.54) is 32.2 Å². The third-order valence-corrected chi connectivity index (χ3v) is 7.34. The molecule has 0 N–H and O–H groups in total. The molecule has 1 heterocycles. The quantitative estimate of drug-likeness (QED) is 0.325. The summed E-state index contributed by atoms with van der Waals surface area (Å²) in [6.45, 7) is 9.88. The van der Waals surface area contributed by atoms with E-state index in [0.29, 0.717) is 0 Å². The summed E-state index contributed by atoms with van der Waals surface area (Å²) in [5.74, 6) is 0.499. The molecule has 3 nitrogen and oxygen atoms in total. The molecule has 1 saturated carbocycles. The van der Waals surface area contributed by atoms with Gasteiger partial charge in [-0.3, -0.25) is 0 Å². The van der Waals surface area contributed by atoms with Crippen LogP contribution in [-0.4, -0.2) is 18.2 Å². The molecule has 1 fully saturated rings. The zero-order chi connectivity index (χ0) is 21.3. The summed E-state index contributed by atoms with van der Waals surface area (Å²) in [7, 11) is 0. The molecule has 1 aliphatic rings. The summed E-state index contributed by atoms with van der Waals surface area (Å²) < 4.78 is 13.1. The van der Waals surface area contributed by atoms with E-state index in [0.717, 1.165) is 25.0 Å². The number of fused-ring (bicyclic) bond motifs is 1. The van der Waals surface area contributed by atoms with Gasteiger partial charge in [0.1, 0.15) is 18.0 Å². The third kappa shape index (κ3) is 4.01. The van der Waals surface area contributed by atoms with Crippen LogP contribution in [0.1, 0.15) is 39.2 Å². The van der Waals surface area contributed by atoms with Gasteiger partial charge in [0, 0.05) is 21.1 Å². The highest BCUT2D eigenvalue weighted by Gasteiger charge is 2.47. The zero-order valence-corrected chi connectivity index (χ0v) is 18.6. The Morgan fingerprint density at radius 3 is 2.57 bits per heavy atom. The molecular formula is C26H28O3S. The highest BCUT2D eigenvalue weighted by atomic mass is 32.1. The smallest absolute Gasteiger partial charge is 0.330 e. The maximum Gasteiger partial charge on any atom is 0.330 e. The second kappa shape index (κ2) is 8.27. The molecule has 30 heavy (non-hydrogen) atoms. The Morgan fingerprint density at radius 1 is 1.13 bits per heavy atom. The van der Waals surface area contributed by atoms with Crippen LogP contribution in [0.4, 0.5) is 0 Å². The first kappa shape index (κ1) is 20.7. The van der Waals surface area contributed by atoms with Gasteiger partial charge in [0.15, 0.2) is 0 Å². The number of hydrogen-bond acceptors (Lipinski definition) is 4. The normalized spacial score (nSPS) is 20.2. The summed E-state index contributed by atoms with van der Waals surface area (Å²) in [5.41, 5.74) is 2.35. The number of benzene rings is 2. The molecule has 2 aromatic carbocycles. The maximum atomic E-state index is 11.6. The molecule has 2 atom stereocenters. The second-order valence-electron chi connectivity index (χ2n) is 8.50. The topological polar surface area (TPSA) is 35.5 Å². The van der Waals surface area contributed by atoms with Gasteiger partial charge >= 0.3 is 5.97 Å². The molecule has 1 aromatic heterocycles. The van der Waals surface area contributed by atoms with Crippen molar-refractivity contribution in [2.45, 2.75) is 52.2 Å². The first-order chi connectivity index (χ1) is 14.4. The lowest BCUT2D eigenvalue weighted by molar-refractivity contribution is -0.148. The van der Waals surface area contributed by atoms with E-state index in [2.05, 4.69) is 69.8 Å². The van der Waals surface area contributed by atoms with Crippen LogP contribution in [0.3, 0.4) is 0 Å². The van der Waals surface area contributed by atoms with Crippen molar-refractivity contribution >= 4 is 27.4 Å². The Labute approximate surface area is 182 Å². The van der Waals surface area contributed by atoms with Crippen molar-refractivity contribution in [3.05, 3.63) is 66.7 Å². The van der Waals surface area contributed by atoms with Crippen molar-refractivity contribution in [2.75, 3.05) is 0 Å². The van der Waals surface area contributed by atoms with E-state index in [9.17, 15) is 4.79 Å². The summed E-state index contributed by atoms with van der Waals surface area (Å²) in [5, 5.41) is 1.23. The molecule has 0 aliphatic heterocycles. The first-order valence-electron chi connectivity index (χ1n) is 10.5. The van der Waals surface area contributed by atoms with E-state index in [4.69, 9.17) is 9.47 Å². The van der Waals surface area contributed by atoms with Crippen LogP contribution in [0.5, 0.6) is 5.75 Å². The minimum atomic E-state index is -0.367. The number of ether oxygens (including phenoxy) is 2. The van der Waals surface area contributed by atoms with Crippen LogP contribution in [0.2, 0.25) is 0 Å². The second-order valence-corrected chi connectivity index (χ2v) is 9.58. The largest absolute Gasteiger partial charge is 0.490 e. The van der Waals surface area contributed by atoms with Crippen molar-refractivity contribution in [2.24, 2.45) is 5.41 Å². The molecule has 0 radical (unpaired) electrons. The predicted octanol–water partition coefficient (Wildman–Crippen LogP) is 6.80. The summed E-state index contributed by atoms with van der Waals surface area (Å²) in [4.78, 5) is 12.9. The van der Waals surface area contributed by atoms with Crippen molar-refractivity contribution < 1.29 is 14.3 Å². The van der Waals surface area contributed by atoms with E-state index >= 15 is 0 Å². The Kier molecular flexibility index (Phi) is 5.70. The average molecular weight is 421 g/mol. The van der Waals surface area contributed by atoms with Gasteiger partial charge in [-0.1, -0.05) is 51.6 Å². The van der Waals surface area contributed by atoms with Crippen LogP contribution in [-0.2, 0) is 16.0 Å². The molecule has 156 valence electrons. The van der Waals surface area contributed by atoms with Gasteiger partial charge in [0.05, 0.1) is 0 Å². The van der Waals surface area contributed by atoms with Gasteiger partial charge in [-0.25, -0.2) is 4.79 Å². The standard InChI is InChI=1S/C26H28O3S/c1-5-17-7-9-18(10-8-17)21-15-19-11-12-20(16-22(19)30-21)28-23-13-14-24(26(23,3)4)29-25(27)6-2/h6-12,15-16,23-24H,2,5,13-14H2,1,3-4H3. The summed E-state index contributed by atoms with van der Waals surface area (Å²) >= 11 is 1.79. The number of aryl methyl sites for hydroxylation is 1. The Morgan fingerprint density at radius 2 is 1.87 bits per heavy atom. The van der Waals surface area contributed by atoms with E-state index in [1.807, 2.05) is 6.07 Å². The fourth-order valence-electron chi connectivity index (χ4n) is 4.16. The number of carbonyl (C=O) groups excluding carboxylic acids is 1. The average Bonchev–Trinajstić information content (AvgIpc) is 3.29. The highest BCUT2D eigenvalue weighted by Crippen LogP contribution is 2.43. The third-order valence-electron chi connectivity index (χ3n) is 6.19. The monoisotopic (exact) mass is 420 g/mol. The molecule has 4 heteroatoms. The SMILES string of the molecule is C=CC(=O)OC1CCC(Oc2ccc3cc(-c4ccc(CC)cc4)sc3c2)C1(C)C. The van der Waals surface area contributed by atoms with Crippen LogP contribution >= 0.6 is 11.3 Å². The van der Waals surface area contributed by atoms with Crippen molar-refractivity contribution in [3.63, 3.8) is 0 Å². The molecular weight excluding hydrogens is 392 g/mol. The zero-order valence-electron chi connectivity index (χ0n) is 17.8. The summed E-state index contributed by atoms with van der Waals surface area (Å²) in [6, 6.07) is 17.3. The van der Waals surface area contributed by atoms with Crippen LogP contribution < -0.4 is 4.74 Å². The van der Waals surface area contributed by atoms with Crippen molar-refractivity contribution in [1.82, 2.24) is 0 Å². The van der Waals surface area contributed by atoms with Crippen LogP contribution in [0, 0.1) is 5.41 Å². The summed E-state index contributed by atoms with van der Waals surface area (Å²) in [6.07, 6.45) is 3.78.